The van der Waals surface area contributed by atoms with Crippen LogP contribution in [-0.4, -0.2) is 28.5 Å². The molecular formula is C16H25NO2. The van der Waals surface area contributed by atoms with Crippen molar-refractivity contribution in [1.82, 2.24) is 4.90 Å². The van der Waals surface area contributed by atoms with Gasteiger partial charge in [-0.2, -0.15) is 0 Å². The lowest BCUT2D eigenvalue weighted by atomic mass is 10.1. The maximum Gasteiger partial charge on any atom is 0.254 e. The molecule has 1 N–H and O–H groups in total. The molecular weight excluding hydrogens is 238 g/mol. The van der Waals surface area contributed by atoms with Crippen LogP contribution >= 0.6 is 0 Å². The molecule has 1 aromatic carbocycles. The Labute approximate surface area is 116 Å². The number of nitrogens with zero attached hydrogens (tertiary/aromatic N) is 1. The summed E-state index contributed by atoms with van der Waals surface area (Å²) in [7, 11) is 0. The predicted octanol–water partition coefficient (Wildman–Crippen LogP) is 3.74. The molecule has 0 saturated carbocycles. The zero-order chi connectivity index (χ0) is 14.4. The Balaban J connectivity index is 2.90. The number of phenolic OH excluding ortho intramolecular Hbond substituents is 1. The van der Waals surface area contributed by atoms with Gasteiger partial charge in [-0.05, 0) is 39.3 Å². The number of benzene rings is 1. The molecule has 3 nitrogen and oxygen atoms in total. The normalized spacial score (nSPS) is 10.8. The number of rotatable bonds is 6. The van der Waals surface area contributed by atoms with Gasteiger partial charge in [0.2, 0.25) is 0 Å². The van der Waals surface area contributed by atoms with E-state index in [2.05, 4.69) is 6.92 Å². The molecule has 0 fully saturated rings. The molecule has 0 aliphatic rings. The molecule has 0 aromatic heterocycles. The zero-order valence-corrected chi connectivity index (χ0v) is 12.4. The molecule has 0 spiro atoms. The van der Waals surface area contributed by atoms with Gasteiger partial charge in [-0.25, -0.2) is 0 Å². The fourth-order valence-corrected chi connectivity index (χ4v) is 2.14. The third-order valence-electron chi connectivity index (χ3n) is 3.42. The van der Waals surface area contributed by atoms with Crippen LogP contribution in [0, 0.1) is 6.92 Å². The number of carbonyl (C=O) groups is 1. The average molecular weight is 263 g/mol. The van der Waals surface area contributed by atoms with Gasteiger partial charge in [0, 0.05) is 23.7 Å². The van der Waals surface area contributed by atoms with Crippen LogP contribution in [0.2, 0.25) is 0 Å². The highest BCUT2D eigenvalue weighted by Gasteiger charge is 2.20. The summed E-state index contributed by atoms with van der Waals surface area (Å²) < 4.78 is 0. The summed E-state index contributed by atoms with van der Waals surface area (Å²) >= 11 is 0. The van der Waals surface area contributed by atoms with Crippen LogP contribution in [0.3, 0.4) is 0 Å². The molecule has 0 atom stereocenters. The second-order valence-corrected chi connectivity index (χ2v) is 5.25. The number of hydrogen-bond donors (Lipinski definition) is 1. The third kappa shape index (κ3) is 3.98. The van der Waals surface area contributed by atoms with E-state index in [-0.39, 0.29) is 17.7 Å². The van der Waals surface area contributed by atoms with Crippen molar-refractivity contribution in [2.75, 3.05) is 6.54 Å². The number of carbonyl (C=O) groups excluding carboxylic acids is 1. The number of hydrogen-bond acceptors (Lipinski definition) is 2. The standard InChI is InChI=1S/C16H25NO2/c1-5-6-7-11-17(12(2)3)16(19)14-9-8-10-15(18)13(14)4/h8-10,12,18H,5-7,11H2,1-4H3. The van der Waals surface area contributed by atoms with Crippen LogP contribution in [-0.2, 0) is 0 Å². The second-order valence-electron chi connectivity index (χ2n) is 5.25. The highest BCUT2D eigenvalue weighted by Crippen LogP contribution is 2.22. The smallest absolute Gasteiger partial charge is 0.254 e. The maximum absolute atomic E-state index is 12.6. The number of phenols is 1. The summed E-state index contributed by atoms with van der Waals surface area (Å²) in [6.07, 6.45) is 3.30. The van der Waals surface area contributed by atoms with Crippen molar-refractivity contribution < 1.29 is 9.90 Å². The van der Waals surface area contributed by atoms with E-state index in [0.29, 0.717) is 11.1 Å². The van der Waals surface area contributed by atoms with Crippen molar-refractivity contribution in [3.8, 4) is 5.75 Å². The summed E-state index contributed by atoms with van der Waals surface area (Å²) in [6.45, 7) is 8.78. The van der Waals surface area contributed by atoms with Crippen molar-refractivity contribution >= 4 is 5.91 Å². The first-order valence-electron chi connectivity index (χ1n) is 7.08. The van der Waals surface area contributed by atoms with Gasteiger partial charge in [0.25, 0.3) is 5.91 Å². The molecule has 0 aliphatic carbocycles. The highest BCUT2D eigenvalue weighted by atomic mass is 16.3. The average Bonchev–Trinajstić information content (AvgIpc) is 2.37. The summed E-state index contributed by atoms with van der Waals surface area (Å²) in [5, 5.41) is 9.71. The first-order chi connectivity index (χ1) is 8.99. The fraction of sp³-hybridized carbons (Fsp3) is 0.562. The Hall–Kier alpha value is -1.51. The monoisotopic (exact) mass is 263 g/mol. The Kier molecular flexibility index (Phi) is 5.87. The molecule has 3 heteroatoms. The van der Waals surface area contributed by atoms with E-state index >= 15 is 0 Å². The topological polar surface area (TPSA) is 40.5 Å². The van der Waals surface area contributed by atoms with E-state index in [1.807, 2.05) is 18.7 Å². The van der Waals surface area contributed by atoms with Gasteiger partial charge in [0.05, 0.1) is 0 Å². The van der Waals surface area contributed by atoms with Gasteiger partial charge in [-0.15, -0.1) is 0 Å². The van der Waals surface area contributed by atoms with E-state index in [0.717, 1.165) is 25.8 Å². The van der Waals surface area contributed by atoms with E-state index in [9.17, 15) is 9.90 Å². The number of unbranched alkanes of at least 4 members (excludes halogenated alkanes) is 2. The lowest BCUT2D eigenvalue weighted by Gasteiger charge is -2.27. The van der Waals surface area contributed by atoms with Gasteiger partial charge in [0.1, 0.15) is 5.75 Å². The second kappa shape index (κ2) is 7.17. The minimum Gasteiger partial charge on any atom is -0.508 e. The van der Waals surface area contributed by atoms with Crippen LogP contribution in [0.5, 0.6) is 5.75 Å². The molecule has 1 amide bonds. The SMILES string of the molecule is CCCCCN(C(=O)c1cccc(O)c1C)C(C)C. The van der Waals surface area contributed by atoms with E-state index < -0.39 is 0 Å². The Morgan fingerprint density at radius 1 is 1.32 bits per heavy atom. The molecule has 0 saturated heterocycles. The summed E-state index contributed by atoms with van der Waals surface area (Å²) in [5.74, 6) is 0.197. The molecule has 0 heterocycles. The van der Waals surface area contributed by atoms with Gasteiger partial charge in [-0.3, -0.25) is 4.79 Å². The van der Waals surface area contributed by atoms with E-state index in [4.69, 9.17) is 0 Å². The molecule has 0 unspecified atom stereocenters. The molecule has 19 heavy (non-hydrogen) atoms. The molecule has 1 rings (SSSR count). The Bertz CT molecular complexity index is 427. The minimum absolute atomic E-state index is 0.0134. The van der Waals surface area contributed by atoms with Gasteiger partial charge < -0.3 is 10.0 Å². The highest BCUT2D eigenvalue weighted by molar-refractivity contribution is 5.96. The van der Waals surface area contributed by atoms with Crippen molar-refractivity contribution in [2.45, 2.75) is 53.0 Å². The van der Waals surface area contributed by atoms with Crippen LogP contribution in [0.1, 0.15) is 56.0 Å². The molecule has 106 valence electrons. The van der Waals surface area contributed by atoms with Gasteiger partial charge in [-0.1, -0.05) is 25.8 Å². The van der Waals surface area contributed by atoms with Crippen LogP contribution < -0.4 is 0 Å². The Morgan fingerprint density at radius 2 is 2.00 bits per heavy atom. The van der Waals surface area contributed by atoms with Gasteiger partial charge in [0.15, 0.2) is 0 Å². The fourth-order valence-electron chi connectivity index (χ4n) is 2.14. The summed E-state index contributed by atoms with van der Waals surface area (Å²) in [5.41, 5.74) is 1.26. The van der Waals surface area contributed by atoms with E-state index in [1.54, 1.807) is 25.1 Å². The number of amides is 1. The summed E-state index contributed by atoms with van der Waals surface area (Å²) in [6, 6.07) is 5.29. The number of aromatic hydroxyl groups is 1. The Morgan fingerprint density at radius 3 is 2.58 bits per heavy atom. The first-order valence-corrected chi connectivity index (χ1v) is 7.08. The van der Waals surface area contributed by atoms with Crippen LogP contribution in [0.15, 0.2) is 18.2 Å². The molecule has 0 aliphatic heterocycles. The van der Waals surface area contributed by atoms with Crippen molar-refractivity contribution in [3.05, 3.63) is 29.3 Å². The lowest BCUT2D eigenvalue weighted by molar-refractivity contribution is 0.0701. The lowest BCUT2D eigenvalue weighted by Crippen LogP contribution is -2.38. The van der Waals surface area contributed by atoms with Crippen molar-refractivity contribution in [3.63, 3.8) is 0 Å². The largest absolute Gasteiger partial charge is 0.508 e. The third-order valence-corrected chi connectivity index (χ3v) is 3.42. The molecule has 0 bridgehead atoms. The minimum atomic E-state index is 0.0134. The van der Waals surface area contributed by atoms with Crippen molar-refractivity contribution in [2.24, 2.45) is 0 Å². The van der Waals surface area contributed by atoms with Crippen molar-refractivity contribution in [1.29, 1.82) is 0 Å². The first kappa shape index (κ1) is 15.5. The van der Waals surface area contributed by atoms with Crippen LogP contribution in [0.25, 0.3) is 0 Å². The van der Waals surface area contributed by atoms with Crippen LogP contribution in [0.4, 0.5) is 0 Å². The van der Waals surface area contributed by atoms with Gasteiger partial charge >= 0.3 is 0 Å². The zero-order valence-electron chi connectivity index (χ0n) is 12.4. The molecule has 0 radical (unpaired) electrons. The van der Waals surface area contributed by atoms with E-state index in [1.165, 1.54) is 0 Å². The maximum atomic E-state index is 12.6. The molecule has 1 aromatic rings. The predicted molar refractivity (Wildman–Crippen MR) is 78.5 cm³/mol. The summed E-state index contributed by atoms with van der Waals surface area (Å²) in [4.78, 5) is 14.5. The quantitative estimate of drug-likeness (QED) is 0.794.